The highest BCUT2D eigenvalue weighted by Gasteiger charge is 2.23. The number of ketones is 1. The number of carbonyl (C=O) groups excluding carboxylic acids is 2. The van der Waals surface area contributed by atoms with E-state index in [0.717, 1.165) is 30.0 Å². The molecule has 0 aromatic heterocycles. The maximum absolute atomic E-state index is 12.6. The van der Waals surface area contributed by atoms with Crippen molar-refractivity contribution in [3.63, 3.8) is 0 Å². The molecule has 0 atom stereocenters. The van der Waals surface area contributed by atoms with Crippen LogP contribution in [0.3, 0.4) is 0 Å². The van der Waals surface area contributed by atoms with Crippen LogP contribution in [0.25, 0.3) is 0 Å². The highest BCUT2D eigenvalue weighted by molar-refractivity contribution is 5.94. The Hall–Kier alpha value is -2.66. The van der Waals surface area contributed by atoms with Crippen molar-refractivity contribution in [1.29, 1.82) is 0 Å². The third-order valence-corrected chi connectivity index (χ3v) is 4.84. The summed E-state index contributed by atoms with van der Waals surface area (Å²) in [6.07, 6.45) is 0. The number of carbonyl (C=O) groups is 2. The Kier molecular flexibility index (Phi) is 6.24. The van der Waals surface area contributed by atoms with Crippen molar-refractivity contribution in [3.05, 3.63) is 65.2 Å². The molecule has 2 aromatic carbocycles. The van der Waals surface area contributed by atoms with E-state index in [2.05, 4.69) is 4.90 Å². The highest BCUT2D eigenvalue weighted by atomic mass is 16.5. The molecule has 1 amide bonds. The molecule has 0 radical (unpaired) electrons. The molecule has 0 unspecified atom stereocenters. The van der Waals surface area contributed by atoms with Crippen molar-refractivity contribution >= 4 is 11.7 Å². The second-order valence-corrected chi connectivity index (χ2v) is 6.75. The molecule has 2 aromatic rings. The SMILES string of the molecule is CCOc1ccc(C(C)=O)cc1CN1CCN(C(=O)c2ccccc2)CC1. The van der Waals surface area contributed by atoms with E-state index in [1.165, 1.54) is 0 Å². The van der Waals surface area contributed by atoms with Gasteiger partial charge in [0.2, 0.25) is 0 Å². The molecule has 1 heterocycles. The van der Waals surface area contributed by atoms with Gasteiger partial charge in [-0.05, 0) is 44.2 Å². The molecule has 142 valence electrons. The summed E-state index contributed by atoms with van der Waals surface area (Å²) in [4.78, 5) is 28.5. The van der Waals surface area contributed by atoms with Gasteiger partial charge < -0.3 is 9.64 Å². The minimum atomic E-state index is 0.0533. The number of piperazine rings is 1. The molecule has 1 aliphatic heterocycles. The van der Waals surface area contributed by atoms with Crippen molar-refractivity contribution in [2.75, 3.05) is 32.8 Å². The minimum Gasteiger partial charge on any atom is -0.494 e. The normalized spacial score (nSPS) is 14.8. The Morgan fingerprint density at radius 2 is 1.67 bits per heavy atom. The molecule has 1 fully saturated rings. The van der Waals surface area contributed by atoms with Gasteiger partial charge >= 0.3 is 0 Å². The lowest BCUT2D eigenvalue weighted by Crippen LogP contribution is -2.48. The van der Waals surface area contributed by atoms with Crippen LogP contribution >= 0.6 is 0 Å². The number of hydrogen-bond acceptors (Lipinski definition) is 4. The number of rotatable bonds is 6. The minimum absolute atomic E-state index is 0.0533. The first-order chi connectivity index (χ1) is 13.1. The van der Waals surface area contributed by atoms with Gasteiger partial charge in [-0.25, -0.2) is 0 Å². The molecular formula is C22H26N2O3. The van der Waals surface area contributed by atoms with E-state index < -0.39 is 0 Å². The van der Waals surface area contributed by atoms with E-state index >= 15 is 0 Å². The van der Waals surface area contributed by atoms with Gasteiger partial charge in [-0.2, -0.15) is 0 Å². The summed E-state index contributed by atoms with van der Waals surface area (Å²) in [5, 5.41) is 0. The predicted molar refractivity (Wildman–Crippen MR) is 105 cm³/mol. The van der Waals surface area contributed by atoms with Crippen molar-refractivity contribution in [3.8, 4) is 5.75 Å². The van der Waals surface area contributed by atoms with Crippen LogP contribution in [0.5, 0.6) is 5.75 Å². The molecule has 5 nitrogen and oxygen atoms in total. The standard InChI is InChI=1S/C22H26N2O3/c1-3-27-21-10-9-19(17(2)25)15-20(21)16-23-11-13-24(14-12-23)22(26)18-7-5-4-6-8-18/h4-10,15H,3,11-14,16H2,1-2H3. The van der Waals surface area contributed by atoms with Crippen LogP contribution in [0.1, 0.15) is 40.1 Å². The highest BCUT2D eigenvalue weighted by Crippen LogP contribution is 2.23. The predicted octanol–water partition coefficient (Wildman–Crippen LogP) is 3.25. The lowest BCUT2D eigenvalue weighted by Gasteiger charge is -2.35. The molecule has 27 heavy (non-hydrogen) atoms. The summed E-state index contributed by atoms with van der Waals surface area (Å²) in [7, 11) is 0. The summed E-state index contributed by atoms with van der Waals surface area (Å²) >= 11 is 0. The fourth-order valence-corrected chi connectivity index (χ4v) is 3.33. The molecule has 0 aliphatic carbocycles. The van der Waals surface area contributed by atoms with Gasteiger partial charge in [0.25, 0.3) is 5.91 Å². The number of nitrogens with zero attached hydrogens (tertiary/aromatic N) is 2. The van der Waals surface area contributed by atoms with E-state index in [9.17, 15) is 9.59 Å². The van der Waals surface area contributed by atoms with Gasteiger partial charge in [0.1, 0.15) is 5.75 Å². The van der Waals surface area contributed by atoms with Crippen molar-refractivity contribution in [1.82, 2.24) is 9.80 Å². The first-order valence-corrected chi connectivity index (χ1v) is 9.42. The molecule has 0 saturated carbocycles. The Bertz CT molecular complexity index is 796. The molecule has 1 aliphatic rings. The van der Waals surface area contributed by atoms with E-state index in [0.29, 0.717) is 31.8 Å². The van der Waals surface area contributed by atoms with Gasteiger partial charge in [-0.1, -0.05) is 18.2 Å². The van der Waals surface area contributed by atoms with Gasteiger partial charge in [-0.3, -0.25) is 14.5 Å². The second kappa shape index (κ2) is 8.82. The molecule has 0 N–H and O–H groups in total. The summed E-state index contributed by atoms with van der Waals surface area (Å²) in [6.45, 7) is 7.83. The zero-order valence-electron chi connectivity index (χ0n) is 16.0. The van der Waals surface area contributed by atoms with Crippen LogP contribution in [0.2, 0.25) is 0 Å². The van der Waals surface area contributed by atoms with E-state index in [1.54, 1.807) is 6.92 Å². The number of hydrogen-bond donors (Lipinski definition) is 0. The second-order valence-electron chi connectivity index (χ2n) is 6.75. The summed E-state index contributed by atoms with van der Waals surface area (Å²) < 4.78 is 5.73. The van der Waals surface area contributed by atoms with Gasteiger partial charge in [0.05, 0.1) is 6.61 Å². The smallest absolute Gasteiger partial charge is 0.253 e. The lowest BCUT2D eigenvalue weighted by atomic mass is 10.1. The van der Waals surface area contributed by atoms with Crippen molar-refractivity contribution in [2.24, 2.45) is 0 Å². The van der Waals surface area contributed by atoms with E-state index in [1.807, 2.05) is 60.4 Å². The number of amides is 1. The van der Waals surface area contributed by atoms with Crippen LogP contribution in [0.15, 0.2) is 48.5 Å². The lowest BCUT2D eigenvalue weighted by molar-refractivity contribution is 0.0627. The van der Waals surface area contributed by atoms with E-state index in [-0.39, 0.29) is 11.7 Å². The van der Waals surface area contributed by atoms with Crippen LogP contribution in [-0.2, 0) is 6.54 Å². The molecule has 3 rings (SSSR count). The van der Waals surface area contributed by atoms with Gasteiger partial charge in [-0.15, -0.1) is 0 Å². The largest absolute Gasteiger partial charge is 0.494 e. The Labute approximate surface area is 160 Å². The quantitative estimate of drug-likeness (QED) is 0.737. The average molecular weight is 366 g/mol. The average Bonchev–Trinajstić information content (AvgIpc) is 2.70. The van der Waals surface area contributed by atoms with Crippen LogP contribution in [0.4, 0.5) is 0 Å². The fraction of sp³-hybridized carbons (Fsp3) is 0.364. The van der Waals surface area contributed by atoms with Gasteiger partial charge in [0.15, 0.2) is 5.78 Å². The maximum Gasteiger partial charge on any atom is 0.253 e. The third kappa shape index (κ3) is 4.74. The van der Waals surface area contributed by atoms with Crippen LogP contribution < -0.4 is 4.74 Å². The topological polar surface area (TPSA) is 49.9 Å². The number of benzene rings is 2. The maximum atomic E-state index is 12.6. The van der Waals surface area contributed by atoms with Crippen LogP contribution in [-0.4, -0.2) is 54.3 Å². The third-order valence-electron chi connectivity index (χ3n) is 4.84. The van der Waals surface area contributed by atoms with Crippen molar-refractivity contribution in [2.45, 2.75) is 20.4 Å². The zero-order valence-corrected chi connectivity index (χ0v) is 16.0. The fourth-order valence-electron chi connectivity index (χ4n) is 3.33. The molecule has 0 spiro atoms. The number of ether oxygens (including phenoxy) is 1. The van der Waals surface area contributed by atoms with E-state index in [4.69, 9.17) is 4.74 Å². The zero-order chi connectivity index (χ0) is 19.2. The Morgan fingerprint density at radius 1 is 0.963 bits per heavy atom. The number of Topliss-reactive ketones (excluding diaryl/α,β-unsaturated/α-hetero) is 1. The monoisotopic (exact) mass is 366 g/mol. The summed E-state index contributed by atoms with van der Waals surface area (Å²) in [5.74, 6) is 0.965. The Morgan fingerprint density at radius 3 is 2.30 bits per heavy atom. The molecule has 0 bridgehead atoms. The van der Waals surface area contributed by atoms with Crippen molar-refractivity contribution < 1.29 is 14.3 Å². The first-order valence-electron chi connectivity index (χ1n) is 9.42. The first kappa shape index (κ1) is 19.1. The molecule has 5 heteroatoms. The summed E-state index contributed by atoms with van der Waals surface area (Å²) in [5.41, 5.74) is 2.46. The van der Waals surface area contributed by atoms with Crippen LogP contribution in [0, 0.1) is 0 Å². The molecule has 1 saturated heterocycles. The molecular weight excluding hydrogens is 340 g/mol. The van der Waals surface area contributed by atoms with Gasteiger partial charge in [0, 0.05) is 49.4 Å². The summed E-state index contributed by atoms with van der Waals surface area (Å²) in [6, 6.07) is 15.0. The Balaban J connectivity index is 1.64.